The molecule has 2 amide bonds. The van der Waals surface area contributed by atoms with Crippen LogP contribution in [0.3, 0.4) is 0 Å². The maximum absolute atomic E-state index is 12.4. The molecule has 1 saturated carbocycles. The summed E-state index contributed by atoms with van der Waals surface area (Å²) in [7, 11) is 0. The van der Waals surface area contributed by atoms with Crippen molar-refractivity contribution in [2.45, 2.75) is 37.5 Å². The maximum Gasteiger partial charge on any atom is 0.313 e. The van der Waals surface area contributed by atoms with Crippen molar-refractivity contribution in [2.24, 2.45) is 0 Å². The van der Waals surface area contributed by atoms with Crippen molar-refractivity contribution in [3.8, 4) is 6.07 Å². The molecule has 5 nitrogen and oxygen atoms in total. The first-order valence-corrected chi connectivity index (χ1v) is 10.1. The van der Waals surface area contributed by atoms with E-state index >= 15 is 0 Å². The van der Waals surface area contributed by atoms with Crippen molar-refractivity contribution in [2.75, 3.05) is 11.9 Å². The second-order valence-corrected chi connectivity index (χ2v) is 8.14. The summed E-state index contributed by atoms with van der Waals surface area (Å²) in [6, 6.07) is 10.6. The van der Waals surface area contributed by atoms with Gasteiger partial charge in [-0.25, -0.2) is 0 Å². The van der Waals surface area contributed by atoms with Gasteiger partial charge in [0.2, 0.25) is 0 Å². The molecule has 27 heavy (non-hydrogen) atoms. The second kappa shape index (κ2) is 8.55. The SMILES string of the molecule is N#Cc1ccc(Cl)cc1NC(=O)C(=O)NCC1(c2cccs2)CCCCC1. The van der Waals surface area contributed by atoms with E-state index in [1.165, 1.54) is 23.4 Å². The number of anilines is 1. The summed E-state index contributed by atoms with van der Waals surface area (Å²) in [4.78, 5) is 25.9. The van der Waals surface area contributed by atoms with Crippen LogP contribution >= 0.6 is 22.9 Å². The predicted molar refractivity (Wildman–Crippen MR) is 107 cm³/mol. The largest absolute Gasteiger partial charge is 0.347 e. The predicted octanol–water partition coefficient (Wildman–Crippen LogP) is 4.23. The van der Waals surface area contributed by atoms with E-state index in [9.17, 15) is 9.59 Å². The van der Waals surface area contributed by atoms with E-state index < -0.39 is 11.8 Å². The molecule has 2 N–H and O–H groups in total. The summed E-state index contributed by atoms with van der Waals surface area (Å²) < 4.78 is 0. The van der Waals surface area contributed by atoms with Crippen LogP contribution in [0.2, 0.25) is 5.02 Å². The first-order valence-electron chi connectivity index (χ1n) is 8.87. The Hall–Kier alpha value is -2.36. The molecule has 3 rings (SSSR count). The van der Waals surface area contributed by atoms with Crippen LogP contribution < -0.4 is 10.6 Å². The van der Waals surface area contributed by atoms with Gasteiger partial charge in [0.15, 0.2) is 0 Å². The van der Waals surface area contributed by atoms with Gasteiger partial charge in [-0.2, -0.15) is 5.26 Å². The molecule has 2 aromatic rings. The molecular formula is C20H20ClN3O2S. The Morgan fingerprint density at radius 3 is 2.63 bits per heavy atom. The zero-order valence-corrected chi connectivity index (χ0v) is 16.3. The number of amides is 2. The van der Waals surface area contributed by atoms with Gasteiger partial charge in [0, 0.05) is 21.9 Å². The van der Waals surface area contributed by atoms with E-state index in [2.05, 4.69) is 16.7 Å². The van der Waals surface area contributed by atoms with Crippen molar-refractivity contribution in [3.05, 3.63) is 51.2 Å². The van der Waals surface area contributed by atoms with Gasteiger partial charge in [0.25, 0.3) is 0 Å². The number of hydrogen-bond donors (Lipinski definition) is 2. The Morgan fingerprint density at radius 1 is 1.19 bits per heavy atom. The maximum atomic E-state index is 12.4. The van der Waals surface area contributed by atoms with E-state index in [1.807, 2.05) is 17.5 Å². The molecule has 1 fully saturated rings. The zero-order valence-electron chi connectivity index (χ0n) is 14.8. The number of carbonyl (C=O) groups is 2. The van der Waals surface area contributed by atoms with E-state index in [4.69, 9.17) is 16.9 Å². The van der Waals surface area contributed by atoms with E-state index in [1.54, 1.807) is 17.4 Å². The third-order valence-electron chi connectivity index (χ3n) is 5.00. The van der Waals surface area contributed by atoms with Gasteiger partial charge >= 0.3 is 11.8 Å². The molecule has 1 aliphatic carbocycles. The topological polar surface area (TPSA) is 82.0 Å². The Bertz CT molecular complexity index is 868. The molecule has 1 aromatic heterocycles. The Kier molecular flexibility index (Phi) is 6.15. The van der Waals surface area contributed by atoms with Crippen LogP contribution in [-0.2, 0) is 15.0 Å². The molecule has 0 radical (unpaired) electrons. The van der Waals surface area contributed by atoms with Gasteiger partial charge in [-0.05, 0) is 42.5 Å². The smallest absolute Gasteiger partial charge is 0.313 e. The average molecular weight is 402 g/mol. The summed E-state index contributed by atoms with van der Waals surface area (Å²) in [6.45, 7) is 0.431. The van der Waals surface area contributed by atoms with Crippen molar-refractivity contribution in [3.63, 3.8) is 0 Å². The molecule has 0 aliphatic heterocycles. The molecule has 0 unspecified atom stereocenters. The van der Waals surface area contributed by atoms with Crippen LogP contribution in [0.15, 0.2) is 35.7 Å². The van der Waals surface area contributed by atoms with Gasteiger partial charge in [0.1, 0.15) is 6.07 Å². The van der Waals surface area contributed by atoms with E-state index in [0.717, 1.165) is 25.7 Å². The summed E-state index contributed by atoms with van der Waals surface area (Å²) in [5.41, 5.74) is 0.384. The number of hydrogen-bond acceptors (Lipinski definition) is 4. The number of nitrogens with zero attached hydrogens (tertiary/aromatic N) is 1. The summed E-state index contributed by atoms with van der Waals surface area (Å²) >= 11 is 7.61. The standard InChI is InChI=1S/C20H20ClN3O2S/c21-15-7-6-14(12-22)16(11-15)24-19(26)18(25)23-13-20(8-2-1-3-9-20)17-5-4-10-27-17/h4-7,10-11H,1-3,8-9,13H2,(H,23,25)(H,24,26). The fourth-order valence-electron chi connectivity index (χ4n) is 3.55. The third kappa shape index (κ3) is 4.49. The minimum atomic E-state index is -0.800. The number of nitriles is 1. The highest BCUT2D eigenvalue weighted by atomic mass is 35.5. The van der Waals surface area contributed by atoms with E-state index in [0.29, 0.717) is 11.6 Å². The van der Waals surface area contributed by atoms with Crippen LogP contribution in [0.5, 0.6) is 0 Å². The van der Waals surface area contributed by atoms with Gasteiger partial charge in [-0.15, -0.1) is 11.3 Å². The highest BCUT2D eigenvalue weighted by Crippen LogP contribution is 2.41. The average Bonchev–Trinajstić information content (AvgIpc) is 3.22. The first kappa shape index (κ1) is 19.4. The molecule has 0 spiro atoms. The van der Waals surface area contributed by atoms with Crippen molar-refractivity contribution < 1.29 is 9.59 Å². The highest BCUT2D eigenvalue weighted by molar-refractivity contribution is 7.10. The molecule has 1 aliphatic rings. The fourth-order valence-corrected chi connectivity index (χ4v) is 4.70. The molecular weight excluding hydrogens is 382 g/mol. The molecule has 0 bridgehead atoms. The number of thiophene rings is 1. The summed E-state index contributed by atoms with van der Waals surface area (Å²) in [6.07, 6.45) is 5.44. The van der Waals surface area contributed by atoms with Gasteiger partial charge in [-0.1, -0.05) is 36.9 Å². The number of carbonyl (C=O) groups excluding carboxylic acids is 2. The Labute approximate surface area is 167 Å². The van der Waals surface area contributed by atoms with Crippen LogP contribution in [0.25, 0.3) is 0 Å². The molecule has 140 valence electrons. The minimum Gasteiger partial charge on any atom is -0.347 e. The quantitative estimate of drug-likeness (QED) is 0.752. The summed E-state index contributed by atoms with van der Waals surface area (Å²) in [5.74, 6) is -1.51. The molecule has 1 aromatic carbocycles. The van der Waals surface area contributed by atoms with Gasteiger partial charge in [0.05, 0.1) is 11.3 Å². The number of rotatable bonds is 4. The lowest BCUT2D eigenvalue weighted by molar-refractivity contribution is -0.136. The Morgan fingerprint density at radius 2 is 1.96 bits per heavy atom. The molecule has 0 saturated heterocycles. The number of benzene rings is 1. The third-order valence-corrected chi connectivity index (χ3v) is 6.35. The molecule has 0 atom stereocenters. The molecule has 1 heterocycles. The Balaban J connectivity index is 1.67. The minimum absolute atomic E-state index is 0.101. The lowest BCUT2D eigenvalue weighted by Crippen LogP contribution is -2.45. The zero-order chi connectivity index (χ0) is 19.3. The van der Waals surface area contributed by atoms with Crippen LogP contribution in [0, 0.1) is 11.3 Å². The first-order chi connectivity index (χ1) is 13.0. The van der Waals surface area contributed by atoms with Crippen LogP contribution in [0.1, 0.15) is 42.5 Å². The fraction of sp³-hybridized carbons (Fsp3) is 0.350. The number of halogens is 1. The lowest BCUT2D eigenvalue weighted by Gasteiger charge is -2.36. The van der Waals surface area contributed by atoms with Crippen molar-refractivity contribution in [1.29, 1.82) is 5.26 Å². The number of nitrogens with one attached hydrogen (secondary N) is 2. The normalized spacial score (nSPS) is 15.6. The van der Waals surface area contributed by atoms with Crippen molar-refractivity contribution >= 4 is 40.4 Å². The monoisotopic (exact) mass is 401 g/mol. The lowest BCUT2D eigenvalue weighted by atomic mass is 9.73. The second-order valence-electron chi connectivity index (χ2n) is 6.76. The highest BCUT2D eigenvalue weighted by Gasteiger charge is 2.35. The van der Waals surface area contributed by atoms with Crippen LogP contribution in [0.4, 0.5) is 5.69 Å². The van der Waals surface area contributed by atoms with Crippen LogP contribution in [-0.4, -0.2) is 18.4 Å². The summed E-state index contributed by atoms with van der Waals surface area (Å²) in [5, 5.41) is 16.8. The van der Waals surface area contributed by atoms with Gasteiger partial charge in [-0.3, -0.25) is 9.59 Å². The van der Waals surface area contributed by atoms with Crippen molar-refractivity contribution in [1.82, 2.24) is 5.32 Å². The molecule has 7 heteroatoms. The van der Waals surface area contributed by atoms with Gasteiger partial charge < -0.3 is 10.6 Å². The van der Waals surface area contributed by atoms with E-state index in [-0.39, 0.29) is 16.7 Å².